The van der Waals surface area contributed by atoms with E-state index in [2.05, 4.69) is 10.3 Å². The SMILES string of the molecule is O=C(NCCC(F)(F)F)c1ccc2cncc(-c3ccc(Cl)cc3)c2c1. The number of carbonyl (C=O) groups is 1. The highest BCUT2D eigenvalue weighted by molar-refractivity contribution is 6.30. The maximum atomic E-state index is 12.2. The summed E-state index contributed by atoms with van der Waals surface area (Å²) in [4.78, 5) is 16.4. The molecule has 2 aromatic carbocycles. The standard InChI is InChI=1S/C19H14ClF3N2O/c20-15-5-3-12(4-6-15)17-11-24-10-14-2-1-13(9-16(14)17)18(26)25-8-7-19(21,22)23/h1-6,9-11H,7-8H2,(H,25,26). The zero-order chi connectivity index (χ0) is 18.7. The van der Waals surface area contributed by atoms with Crippen molar-refractivity contribution in [3.8, 4) is 11.1 Å². The summed E-state index contributed by atoms with van der Waals surface area (Å²) in [6, 6.07) is 12.1. The first-order valence-corrected chi connectivity index (χ1v) is 8.20. The van der Waals surface area contributed by atoms with Gasteiger partial charge in [-0.05, 0) is 35.2 Å². The maximum Gasteiger partial charge on any atom is 0.390 e. The molecular weight excluding hydrogens is 365 g/mol. The molecule has 0 fully saturated rings. The van der Waals surface area contributed by atoms with E-state index in [0.29, 0.717) is 10.6 Å². The second-order valence-electron chi connectivity index (χ2n) is 5.75. The molecule has 0 saturated heterocycles. The van der Waals surface area contributed by atoms with Gasteiger partial charge in [-0.15, -0.1) is 0 Å². The minimum Gasteiger partial charge on any atom is -0.352 e. The van der Waals surface area contributed by atoms with Crippen LogP contribution >= 0.6 is 11.6 Å². The second kappa shape index (κ2) is 7.33. The summed E-state index contributed by atoms with van der Waals surface area (Å²) in [6.45, 7) is -0.458. The summed E-state index contributed by atoms with van der Waals surface area (Å²) < 4.78 is 36.7. The van der Waals surface area contributed by atoms with E-state index in [-0.39, 0.29) is 0 Å². The van der Waals surface area contributed by atoms with E-state index in [4.69, 9.17) is 11.6 Å². The summed E-state index contributed by atoms with van der Waals surface area (Å²) in [7, 11) is 0. The van der Waals surface area contributed by atoms with E-state index in [1.165, 1.54) is 0 Å². The van der Waals surface area contributed by atoms with Gasteiger partial charge in [0, 0.05) is 40.5 Å². The molecule has 3 nitrogen and oxygen atoms in total. The molecule has 0 saturated carbocycles. The molecule has 3 aromatic rings. The summed E-state index contributed by atoms with van der Waals surface area (Å²) >= 11 is 5.92. The van der Waals surface area contributed by atoms with Crippen molar-refractivity contribution in [1.82, 2.24) is 10.3 Å². The lowest BCUT2D eigenvalue weighted by atomic mass is 9.99. The van der Waals surface area contributed by atoms with E-state index >= 15 is 0 Å². The fourth-order valence-corrected chi connectivity index (χ4v) is 2.71. The predicted molar refractivity (Wildman–Crippen MR) is 95.2 cm³/mol. The van der Waals surface area contributed by atoms with Gasteiger partial charge < -0.3 is 5.32 Å². The van der Waals surface area contributed by atoms with Crippen LogP contribution in [0.3, 0.4) is 0 Å². The number of benzene rings is 2. The molecule has 26 heavy (non-hydrogen) atoms. The molecule has 0 atom stereocenters. The molecule has 0 spiro atoms. The van der Waals surface area contributed by atoms with Crippen LogP contribution in [0.2, 0.25) is 5.02 Å². The van der Waals surface area contributed by atoms with Gasteiger partial charge in [0.05, 0.1) is 6.42 Å². The third-order valence-corrected chi connectivity index (χ3v) is 4.12. The molecule has 134 valence electrons. The predicted octanol–water partition coefficient (Wildman–Crippen LogP) is 5.24. The maximum absolute atomic E-state index is 12.2. The van der Waals surface area contributed by atoms with Crippen LogP contribution in [0.15, 0.2) is 54.9 Å². The van der Waals surface area contributed by atoms with Crippen LogP contribution in [0.1, 0.15) is 16.8 Å². The largest absolute Gasteiger partial charge is 0.390 e. The Morgan fingerprint density at radius 1 is 1.08 bits per heavy atom. The number of halogens is 4. The number of hydrogen-bond acceptors (Lipinski definition) is 2. The van der Waals surface area contributed by atoms with Crippen LogP contribution in [0.5, 0.6) is 0 Å². The highest BCUT2D eigenvalue weighted by Gasteiger charge is 2.26. The molecule has 1 amide bonds. The zero-order valence-electron chi connectivity index (χ0n) is 13.5. The number of hydrogen-bond donors (Lipinski definition) is 1. The number of amides is 1. The summed E-state index contributed by atoms with van der Waals surface area (Å²) in [6.07, 6.45) is -2.02. The van der Waals surface area contributed by atoms with Crippen molar-refractivity contribution < 1.29 is 18.0 Å². The van der Waals surface area contributed by atoms with Gasteiger partial charge in [0.25, 0.3) is 5.91 Å². The molecule has 0 bridgehead atoms. The van der Waals surface area contributed by atoms with Gasteiger partial charge in [-0.2, -0.15) is 13.2 Å². The molecule has 0 aliphatic carbocycles. The first kappa shape index (κ1) is 18.2. The van der Waals surface area contributed by atoms with Gasteiger partial charge in [-0.25, -0.2) is 0 Å². The number of aromatic nitrogens is 1. The summed E-state index contributed by atoms with van der Waals surface area (Å²) in [5, 5.41) is 4.50. The quantitative estimate of drug-likeness (QED) is 0.674. The Balaban J connectivity index is 1.91. The summed E-state index contributed by atoms with van der Waals surface area (Å²) in [5.74, 6) is -0.546. The van der Waals surface area contributed by atoms with Crippen LogP contribution in [0.4, 0.5) is 13.2 Å². The molecule has 7 heteroatoms. The summed E-state index contributed by atoms with van der Waals surface area (Å²) in [5.41, 5.74) is 1.98. The smallest absolute Gasteiger partial charge is 0.352 e. The Morgan fingerprint density at radius 3 is 2.50 bits per heavy atom. The lowest BCUT2D eigenvalue weighted by Crippen LogP contribution is -2.27. The van der Waals surface area contributed by atoms with Crippen molar-refractivity contribution in [3.63, 3.8) is 0 Å². The normalized spacial score (nSPS) is 11.5. The number of alkyl halides is 3. The Labute approximate surface area is 152 Å². The van der Waals surface area contributed by atoms with Crippen molar-refractivity contribution in [2.75, 3.05) is 6.54 Å². The molecule has 3 rings (SSSR count). The van der Waals surface area contributed by atoms with Gasteiger partial charge >= 0.3 is 6.18 Å². The minimum atomic E-state index is -4.30. The highest BCUT2D eigenvalue weighted by atomic mass is 35.5. The fourth-order valence-electron chi connectivity index (χ4n) is 2.58. The highest BCUT2D eigenvalue weighted by Crippen LogP contribution is 2.29. The van der Waals surface area contributed by atoms with Crippen molar-refractivity contribution >= 4 is 28.3 Å². The molecule has 1 N–H and O–H groups in total. The Bertz CT molecular complexity index is 940. The van der Waals surface area contributed by atoms with E-state index in [0.717, 1.165) is 21.9 Å². The molecule has 0 unspecified atom stereocenters. The van der Waals surface area contributed by atoms with Crippen LogP contribution in [-0.4, -0.2) is 23.6 Å². The first-order chi connectivity index (χ1) is 12.3. The van der Waals surface area contributed by atoms with Gasteiger partial charge in [-0.3, -0.25) is 9.78 Å². The second-order valence-corrected chi connectivity index (χ2v) is 6.19. The van der Waals surface area contributed by atoms with Gasteiger partial charge in [0.15, 0.2) is 0 Å². The fraction of sp³-hybridized carbons (Fsp3) is 0.158. The van der Waals surface area contributed by atoms with Crippen LogP contribution in [0.25, 0.3) is 21.9 Å². The average molecular weight is 379 g/mol. The third-order valence-electron chi connectivity index (χ3n) is 3.87. The molecule has 0 radical (unpaired) electrons. The lowest BCUT2D eigenvalue weighted by Gasteiger charge is -2.10. The van der Waals surface area contributed by atoms with Crippen LogP contribution in [-0.2, 0) is 0 Å². The van der Waals surface area contributed by atoms with Gasteiger partial charge in [0.2, 0.25) is 0 Å². The average Bonchev–Trinajstić information content (AvgIpc) is 2.60. The number of pyridine rings is 1. The third kappa shape index (κ3) is 4.32. The van der Waals surface area contributed by atoms with Crippen molar-refractivity contribution in [3.05, 3.63) is 65.4 Å². The number of nitrogens with one attached hydrogen (secondary N) is 1. The minimum absolute atomic E-state index is 0.293. The molecule has 1 aromatic heterocycles. The van der Waals surface area contributed by atoms with E-state index in [9.17, 15) is 18.0 Å². The zero-order valence-corrected chi connectivity index (χ0v) is 14.2. The van der Waals surface area contributed by atoms with E-state index < -0.39 is 25.0 Å². The van der Waals surface area contributed by atoms with Crippen molar-refractivity contribution in [2.24, 2.45) is 0 Å². The van der Waals surface area contributed by atoms with Gasteiger partial charge in [-0.1, -0.05) is 29.8 Å². The number of rotatable bonds is 4. The molecule has 0 aliphatic rings. The number of fused-ring (bicyclic) bond motifs is 1. The Morgan fingerprint density at radius 2 is 1.81 bits per heavy atom. The van der Waals surface area contributed by atoms with Crippen LogP contribution in [0, 0.1) is 0 Å². The van der Waals surface area contributed by atoms with Crippen molar-refractivity contribution in [2.45, 2.75) is 12.6 Å². The van der Waals surface area contributed by atoms with E-state index in [1.54, 1.807) is 42.7 Å². The topological polar surface area (TPSA) is 42.0 Å². The Kier molecular flexibility index (Phi) is 5.13. The lowest BCUT2D eigenvalue weighted by molar-refractivity contribution is -0.132. The van der Waals surface area contributed by atoms with Gasteiger partial charge in [0.1, 0.15) is 0 Å². The van der Waals surface area contributed by atoms with Crippen LogP contribution < -0.4 is 5.32 Å². The molecular formula is C19H14ClF3N2O. The molecule has 1 heterocycles. The van der Waals surface area contributed by atoms with E-state index in [1.807, 2.05) is 12.1 Å². The number of nitrogens with zero attached hydrogens (tertiary/aromatic N) is 1. The Hall–Kier alpha value is -2.60. The van der Waals surface area contributed by atoms with Crippen molar-refractivity contribution in [1.29, 1.82) is 0 Å². The number of carbonyl (C=O) groups excluding carboxylic acids is 1. The monoisotopic (exact) mass is 378 g/mol. The first-order valence-electron chi connectivity index (χ1n) is 7.82. The molecule has 0 aliphatic heterocycles.